The molecule has 4 rings (SSSR count). The molecule has 1 N–H and O–H groups in total. The number of para-hydroxylation sites is 1. The number of rotatable bonds is 6. The summed E-state index contributed by atoms with van der Waals surface area (Å²) in [5, 5.41) is 2.64. The van der Waals surface area contributed by atoms with Crippen LogP contribution in [0.25, 0.3) is 6.08 Å². The minimum Gasteiger partial charge on any atom is -0.488 e. The van der Waals surface area contributed by atoms with Gasteiger partial charge in [0.1, 0.15) is 23.9 Å². The standard InChI is InChI=1S/C25H21FN2O3/c1-17-9-11-18(12-10-17)15-28-24(29)22(27-25(28)30)14-20-6-2-3-8-23(20)31-16-19-5-4-7-21(26)13-19/h2-14H,15-16H2,1H3,(H,27,30)/b22-14+. The number of halogens is 1. The Bertz CT molecular complexity index is 1160. The largest absolute Gasteiger partial charge is 0.488 e. The van der Waals surface area contributed by atoms with Crippen LogP contribution in [-0.2, 0) is 17.9 Å². The van der Waals surface area contributed by atoms with Crippen molar-refractivity contribution in [3.8, 4) is 5.75 Å². The lowest BCUT2D eigenvalue weighted by molar-refractivity contribution is -0.123. The van der Waals surface area contributed by atoms with Gasteiger partial charge in [-0.1, -0.05) is 60.2 Å². The third-order valence-corrected chi connectivity index (χ3v) is 4.93. The fourth-order valence-corrected chi connectivity index (χ4v) is 3.27. The molecule has 0 aliphatic carbocycles. The summed E-state index contributed by atoms with van der Waals surface area (Å²) in [5.74, 6) is -0.201. The summed E-state index contributed by atoms with van der Waals surface area (Å²) in [6.07, 6.45) is 1.59. The summed E-state index contributed by atoms with van der Waals surface area (Å²) in [5.41, 5.74) is 3.49. The number of benzene rings is 3. The lowest BCUT2D eigenvalue weighted by atomic mass is 10.1. The molecule has 31 heavy (non-hydrogen) atoms. The highest BCUT2D eigenvalue weighted by Crippen LogP contribution is 2.24. The van der Waals surface area contributed by atoms with Gasteiger partial charge < -0.3 is 10.1 Å². The van der Waals surface area contributed by atoms with E-state index in [0.29, 0.717) is 16.9 Å². The minimum atomic E-state index is -0.463. The van der Waals surface area contributed by atoms with Crippen molar-refractivity contribution in [3.05, 3.63) is 107 Å². The summed E-state index contributed by atoms with van der Waals surface area (Å²) < 4.78 is 19.2. The number of nitrogens with zero attached hydrogens (tertiary/aromatic N) is 1. The van der Waals surface area contributed by atoms with Crippen LogP contribution in [0.4, 0.5) is 9.18 Å². The second-order valence-electron chi connectivity index (χ2n) is 7.32. The zero-order valence-corrected chi connectivity index (χ0v) is 17.0. The first kappa shape index (κ1) is 20.3. The highest BCUT2D eigenvalue weighted by molar-refractivity contribution is 6.14. The Morgan fingerprint density at radius 3 is 2.52 bits per heavy atom. The van der Waals surface area contributed by atoms with Gasteiger partial charge in [0.25, 0.3) is 5.91 Å². The Hall–Kier alpha value is -3.93. The Morgan fingerprint density at radius 1 is 0.968 bits per heavy atom. The molecule has 3 aromatic rings. The first-order valence-electron chi connectivity index (χ1n) is 9.86. The van der Waals surface area contributed by atoms with Crippen molar-refractivity contribution in [1.82, 2.24) is 10.2 Å². The molecule has 1 heterocycles. The molecule has 1 aliphatic heterocycles. The number of aryl methyl sites for hydroxylation is 1. The van der Waals surface area contributed by atoms with Crippen molar-refractivity contribution in [3.63, 3.8) is 0 Å². The van der Waals surface area contributed by atoms with Crippen molar-refractivity contribution in [2.24, 2.45) is 0 Å². The van der Waals surface area contributed by atoms with E-state index < -0.39 is 11.9 Å². The van der Waals surface area contributed by atoms with Crippen LogP contribution in [0, 0.1) is 12.7 Å². The van der Waals surface area contributed by atoms with Gasteiger partial charge in [-0.3, -0.25) is 9.69 Å². The molecule has 0 saturated carbocycles. The van der Waals surface area contributed by atoms with Crippen molar-refractivity contribution in [1.29, 1.82) is 0 Å². The molecule has 1 fully saturated rings. The monoisotopic (exact) mass is 416 g/mol. The highest BCUT2D eigenvalue weighted by Gasteiger charge is 2.33. The first-order chi connectivity index (χ1) is 15.0. The molecule has 0 bridgehead atoms. The molecule has 0 atom stereocenters. The van der Waals surface area contributed by atoms with Gasteiger partial charge in [-0.05, 0) is 42.3 Å². The van der Waals surface area contributed by atoms with Gasteiger partial charge in [0.2, 0.25) is 0 Å². The lowest BCUT2D eigenvalue weighted by Crippen LogP contribution is -2.30. The minimum absolute atomic E-state index is 0.178. The Morgan fingerprint density at radius 2 is 1.74 bits per heavy atom. The van der Waals surface area contributed by atoms with Gasteiger partial charge in [-0.25, -0.2) is 9.18 Å². The van der Waals surface area contributed by atoms with E-state index in [2.05, 4.69) is 5.32 Å². The Balaban J connectivity index is 1.51. The molecular weight excluding hydrogens is 395 g/mol. The Kier molecular flexibility index (Phi) is 5.80. The van der Waals surface area contributed by atoms with Crippen molar-refractivity contribution in [2.75, 3.05) is 0 Å². The number of carbonyl (C=O) groups excluding carboxylic acids is 2. The molecule has 3 amide bonds. The van der Waals surface area contributed by atoms with Crippen LogP contribution in [0.15, 0.2) is 78.5 Å². The van der Waals surface area contributed by atoms with E-state index in [0.717, 1.165) is 11.1 Å². The molecule has 1 aliphatic rings. The van der Waals surface area contributed by atoms with Crippen LogP contribution in [0.5, 0.6) is 5.75 Å². The van der Waals surface area contributed by atoms with E-state index in [4.69, 9.17) is 4.74 Å². The molecule has 0 aromatic heterocycles. The first-order valence-corrected chi connectivity index (χ1v) is 9.86. The average Bonchev–Trinajstić information content (AvgIpc) is 3.02. The molecule has 0 spiro atoms. The summed E-state index contributed by atoms with van der Waals surface area (Å²) in [4.78, 5) is 26.4. The summed E-state index contributed by atoms with van der Waals surface area (Å²) in [6, 6.07) is 20.6. The predicted octanol–water partition coefficient (Wildman–Crippen LogP) is 4.81. The fraction of sp³-hybridized carbons (Fsp3) is 0.120. The second kappa shape index (κ2) is 8.83. The average molecular weight is 416 g/mol. The van der Waals surface area contributed by atoms with E-state index in [9.17, 15) is 14.0 Å². The molecule has 156 valence electrons. The lowest BCUT2D eigenvalue weighted by Gasteiger charge is -2.12. The number of imide groups is 1. The maximum Gasteiger partial charge on any atom is 0.329 e. The molecule has 1 saturated heterocycles. The molecule has 6 heteroatoms. The Labute approximate surface area is 179 Å². The number of urea groups is 1. The molecule has 0 unspecified atom stereocenters. The number of hydrogen-bond acceptors (Lipinski definition) is 3. The molecule has 3 aromatic carbocycles. The van der Waals surface area contributed by atoms with Gasteiger partial charge in [0.15, 0.2) is 0 Å². The maximum absolute atomic E-state index is 13.4. The zero-order chi connectivity index (χ0) is 21.8. The van der Waals surface area contributed by atoms with Crippen molar-refractivity contribution < 1.29 is 18.7 Å². The van der Waals surface area contributed by atoms with Gasteiger partial charge in [0, 0.05) is 5.56 Å². The third kappa shape index (κ3) is 4.80. The van der Waals surface area contributed by atoms with Gasteiger partial charge in [-0.15, -0.1) is 0 Å². The normalized spacial score (nSPS) is 14.8. The summed E-state index contributed by atoms with van der Waals surface area (Å²) in [7, 11) is 0. The quantitative estimate of drug-likeness (QED) is 0.464. The van der Waals surface area contributed by atoms with Crippen LogP contribution >= 0.6 is 0 Å². The highest BCUT2D eigenvalue weighted by atomic mass is 19.1. The number of nitrogens with one attached hydrogen (secondary N) is 1. The van der Waals surface area contributed by atoms with Crippen LogP contribution in [-0.4, -0.2) is 16.8 Å². The number of hydrogen-bond donors (Lipinski definition) is 1. The topological polar surface area (TPSA) is 58.6 Å². The van der Waals surface area contributed by atoms with Crippen LogP contribution < -0.4 is 10.1 Å². The van der Waals surface area contributed by atoms with Gasteiger partial charge >= 0.3 is 6.03 Å². The van der Waals surface area contributed by atoms with Crippen molar-refractivity contribution in [2.45, 2.75) is 20.1 Å². The zero-order valence-electron chi connectivity index (χ0n) is 17.0. The SMILES string of the molecule is Cc1ccc(CN2C(=O)N/C(=C/c3ccccc3OCc3cccc(F)c3)C2=O)cc1. The second-order valence-corrected chi connectivity index (χ2v) is 7.32. The van der Waals surface area contributed by atoms with Crippen molar-refractivity contribution >= 4 is 18.0 Å². The molecule has 0 radical (unpaired) electrons. The number of amides is 3. The number of ether oxygens (including phenoxy) is 1. The predicted molar refractivity (Wildman–Crippen MR) is 115 cm³/mol. The molecular formula is C25H21FN2O3. The van der Waals surface area contributed by atoms with E-state index in [-0.39, 0.29) is 24.7 Å². The maximum atomic E-state index is 13.4. The molecule has 5 nitrogen and oxygen atoms in total. The van der Waals surface area contributed by atoms with Crippen LogP contribution in [0.1, 0.15) is 22.3 Å². The van der Waals surface area contributed by atoms with E-state index in [1.165, 1.54) is 17.0 Å². The van der Waals surface area contributed by atoms with Gasteiger partial charge in [-0.2, -0.15) is 0 Å². The van der Waals surface area contributed by atoms with E-state index >= 15 is 0 Å². The smallest absolute Gasteiger partial charge is 0.329 e. The van der Waals surface area contributed by atoms with Gasteiger partial charge in [0.05, 0.1) is 6.54 Å². The summed E-state index contributed by atoms with van der Waals surface area (Å²) >= 11 is 0. The summed E-state index contributed by atoms with van der Waals surface area (Å²) in [6.45, 7) is 2.35. The van der Waals surface area contributed by atoms with E-state index in [1.54, 1.807) is 30.3 Å². The van der Waals surface area contributed by atoms with Crippen LogP contribution in [0.2, 0.25) is 0 Å². The van der Waals surface area contributed by atoms with Crippen LogP contribution in [0.3, 0.4) is 0 Å². The fourth-order valence-electron chi connectivity index (χ4n) is 3.27. The third-order valence-electron chi connectivity index (χ3n) is 4.93. The number of carbonyl (C=O) groups is 2. The van der Waals surface area contributed by atoms with E-state index in [1.807, 2.05) is 43.3 Å².